The zero-order chi connectivity index (χ0) is 12.8. The largest absolute Gasteiger partial charge is 0.458 e. The van der Waals surface area contributed by atoms with Crippen LogP contribution in [0.25, 0.3) is 0 Å². The van der Waals surface area contributed by atoms with E-state index in [0.29, 0.717) is 6.42 Å². The van der Waals surface area contributed by atoms with Crippen LogP contribution in [0.2, 0.25) is 0 Å². The summed E-state index contributed by atoms with van der Waals surface area (Å²) in [6, 6.07) is 0. The van der Waals surface area contributed by atoms with Gasteiger partial charge in [-0.3, -0.25) is 9.59 Å². The number of hydrogen-bond acceptors (Lipinski definition) is 3. The molecule has 0 unspecified atom stereocenters. The van der Waals surface area contributed by atoms with Gasteiger partial charge < -0.3 is 4.74 Å². The first-order chi connectivity index (χ1) is 8.61. The third-order valence-electron chi connectivity index (χ3n) is 5.28. The van der Waals surface area contributed by atoms with E-state index in [9.17, 15) is 9.59 Å². The number of esters is 1. The molecule has 4 bridgehead atoms. The van der Waals surface area contributed by atoms with E-state index in [1.54, 1.807) is 6.92 Å². The zero-order valence-electron chi connectivity index (χ0n) is 11.1. The van der Waals surface area contributed by atoms with Crippen molar-refractivity contribution in [3.05, 3.63) is 0 Å². The van der Waals surface area contributed by atoms with Crippen LogP contribution in [0.3, 0.4) is 0 Å². The monoisotopic (exact) mass is 250 g/mol. The van der Waals surface area contributed by atoms with Crippen molar-refractivity contribution in [3.63, 3.8) is 0 Å². The lowest BCUT2D eigenvalue weighted by molar-refractivity contribution is -0.157. The Labute approximate surface area is 108 Å². The Balaban J connectivity index is 1.67. The molecule has 0 aromatic carbocycles. The molecule has 100 valence electrons. The van der Waals surface area contributed by atoms with Gasteiger partial charge in [0.05, 0.1) is 0 Å². The lowest BCUT2D eigenvalue weighted by Crippen LogP contribution is -2.51. The number of carbonyl (C=O) groups excluding carboxylic acids is 2. The van der Waals surface area contributed by atoms with Gasteiger partial charge in [0, 0.05) is 11.8 Å². The maximum absolute atomic E-state index is 12.4. The average Bonchev–Trinajstić information content (AvgIpc) is 2.33. The second kappa shape index (κ2) is 4.36. The Morgan fingerprint density at radius 2 is 1.56 bits per heavy atom. The maximum Gasteiger partial charge on any atom is 0.305 e. The molecular weight excluding hydrogens is 228 g/mol. The highest BCUT2D eigenvalue weighted by Crippen LogP contribution is 2.60. The van der Waals surface area contributed by atoms with Gasteiger partial charge in [-0.05, 0) is 56.3 Å². The SMILES string of the molecule is CCC(=O)OCC(=O)C12CC3CC(CC(C3)C1)C2. The summed E-state index contributed by atoms with van der Waals surface area (Å²) < 4.78 is 5.05. The summed E-state index contributed by atoms with van der Waals surface area (Å²) in [7, 11) is 0. The molecule has 0 amide bonds. The predicted octanol–water partition coefficient (Wildman–Crippen LogP) is 2.73. The molecule has 0 aliphatic heterocycles. The molecule has 4 rings (SSSR count). The van der Waals surface area contributed by atoms with E-state index in [-0.39, 0.29) is 23.8 Å². The first-order valence-corrected chi connectivity index (χ1v) is 7.30. The Morgan fingerprint density at radius 3 is 2.00 bits per heavy atom. The molecule has 0 aromatic heterocycles. The van der Waals surface area contributed by atoms with Gasteiger partial charge in [-0.15, -0.1) is 0 Å². The fraction of sp³-hybridized carbons (Fsp3) is 0.867. The minimum Gasteiger partial charge on any atom is -0.458 e. The molecule has 0 heterocycles. The van der Waals surface area contributed by atoms with Crippen molar-refractivity contribution >= 4 is 11.8 Å². The first kappa shape index (κ1) is 12.2. The van der Waals surface area contributed by atoms with E-state index in [0.717, 1.165) is 37.0 Å². The Morgan fingerprint density at radius 1 is 1.06 bits per heavy atom. The summed E-state index contributed by atoms with van der Waals surface area (Å²) in [5.74, 6) is 2.24. The van der Waals surface area contributed by atoms with Crippen molar-refractivity contribution in [1.29, 1.82) is 0 Å². The van der Waals surface area contributed by atoms with Gasteiger partial charge >= 0.3 is 5.97 Å². The lowest BCUT2D eigenvalue weighted by Gasteiger charge is -2.55. The third-order valence-corrected chi connectivity index (χ3v) is 5.28. The molecule has 4 fully saturated rings. The lowest BCUT2D eigenvalue weighted by atomic mass is 9.48. The fourth-order valence-corrected chi connectivity index (χ4v) is 4.85. The molecule has 3 heteroatoms. The van der Waals surface area contributed by atoms with Crippen molar-refractivity contribution in [2.75, 3.05) is 6.61 Å². The van der Waals surface area contributed by atoms with Crippen molar-refractivity contribution in [2.24, 2.45) is 23.2 Å². The Kier molecular flexibility index (Phi) is 2.95. The molecule has 18 heavy (non-hydrogen) atoms. The third kappa shape index (κ3) is 1.98. The Bertz CT molecular complexity index is 337. The summed E-state index contributed by atoms with van der Waals surface area (Å²) in [5, 5.41) is 0. The van der Waals surface area contributed by atoms with Crippen LogP contribution in [0.4, 0.5) is 0 Å². The summed E-state index contributed by atoms with van der Waals surface area (Å²) in [4.78, 5) is 23.6. The van der Waals surface area contributed by atoms with Crippen LogP contribution in [0.15, 0.2) is 0 Å². The van der Waals surface area contributed by atoms with Crippen molar-refractivity contribution in [1.82, 2.24) is 0 Å². The Hall–Kier alpha value is -0.860. The standard InChI is InChI=1S/C15H22O3/c1-2-14(17)18-9-13(16)15-6-10-3-11(7-15)5-12(4-10)8-15/h10-12H,2-9H2,1H3. The molecule has 3 nitrogen and oxygen atoms in total. The van der Waals surface area contributed by atoms with Crippen LogP contribution >= 0.6 is 0 Å². The normalized spacial score (nSPS) is 40.8. The summed E-state index contributed by atoms with van der Waals surface area (Å²) in [6.45, 7) is 1.77. The second-order valence-electron chi connectivity index (χ2n) is 6.64. The van der Waals surface area contributed by atoms with Crippen molar-refractivity contribution in [2.45, 2.75) is 51.9 Å². The number of Topliss-reactive ketones (excluding diaryl/α,β-unsaturated/α-hetero) is 1. The zero-order valence-corrected chi connectivity index (χ0v) is 11.1. The summed E-state index contributed by atoms with van der Waals surface area (Å²) >= 11 is 0. The minimum atomic E-state index is -0.256. The molecule has 0 radical (unpaired) electrons. The second-order valence-corrected chi connectivity index (χ2v) is 6.64. The van der Waals surface area contributed by atoms with Crippen LogP contribution in [0.1, 0.15) is 51.9 Å². The molecule has 4 aliphatic rings. The van der Waals surface area contributed by atoms with E-state index in [1.165, 1.54) is 19.3 Å². The predicted molar refractivity (Wildman–Crippen MR) is 66.9 cm³/mol. The highest BCUT2D eigenvalue weighted by Gasteiger charge is 2.54. The molecular formula is C15H22O3. The first-order valence-electron chi connectivity index (χ1n) is 7.30. The number of ether oxygens (including phenoxy) is 1. The highest BCUT2D eigenvalue weighted by molar-refractivity contribution is 5.88. The van der Waals surface area contributed by atoms with Gasteiger partial charge in [-0.2, -0.15) is 0 Å². The number of hydrogen-bond donors (Lipinski definition) is 0. The van der Waals surface area contributed by atoms with Crippen molar-refractivity contribution in [3.8, 4) is 0 Å². The number of rotatable bonds is 4. The number of ketones is 1. The van der Waals surface area contributed by atoms with Gasteiger partial charge in [-0.1, -0.05) is 6.92 Å². The maximum atomic E-state index is 12.4. The van der Waals surface area contributed by atoms with E-state index < -0.39 is 0 Å². The average molecular weight is 250 g/mol. The van der Waals surface area contributed by atoms with E-state index >= 15 is 0 Å². The summed E-state index contributed by atoms with van der Waals surface area (Å²) in [5.41, 5.74) is -0.122. The highest BCUT2D eigenvalue weighted by atomic mass is 16.5. The summed E-state index contributed by atoms with van der Waals surface area (Å²) in [6.07, 6.45) is 7.53. The van der Waals surface area contributed by atoms with E-state index in [1.807, 2.05) is 0 Å². The van der Waals surface area contributed by atoms with Crippen LogP contribution in [0, 0.1) is 23.2 Å². The minimum absolute atomic E-state index is 0.0127. The molecule has 0 aromatic rings. The smallest absolute Gasteiger partial charge is 0.305 e. The van der Waals surface area contributed by atoms with Gasteiger partial charge in [0.15, 0.2) is 12.4 Å². The molecule has 0 atom stereocenters. The molecule has 4 aliphatic carbocycles. The van der Waals surface area contributed by atoms with Crippen LogP contribution < -0.4 is 0 Å². The molecule has 4 saturated carbocycles. The van der Waals surface area contributed by atoms with Gasteiger partial charge in [0.25, 0.3) is 0 Å². The number of carbonyl (C=O) groups is 2. The van der Waals surface area contributed by atoms with Gasteiger partial charge in [0.2, 0.25) is 0 Å². The van der Waals surface area contributed by atoms with Crippen molar-refractivity contribution < 1.29 is 14.3 Å². The topological polar surface area (TPSA) is 43.4 Å². The molecule has 0 spiro atoms. The quantitative estimate of drug-likeness (QED) is 0.720. The fourth-order valence-electron chi connectivity index (χ4n) is 4.85. The molecule has 0 saturated heterocycles. The van der Waals surface area contributed by atoms with E-state index in [4.69, 9.17) is 4.74 Å². The van der Waals surface area contributed by atoms with Crippen LogP contribution in [-0.4, -0.2) is 18.4 Å². The van der Waals surface area contributed by atoms with Gasteiger partial charge in [0.1, 0.15) is 0 Å². The van der Waals surface area contributed by atoms with E-state index in [2.05, 4.69) is 0 Å². The molecule has 0 N–H and O–H groups in total. The van der Waals surface area contributed by atoms with Gasteiger partial charge in [-0.25, -0.2) is 0 Å². The van der Waals surface area contributed by atoms with Crippen LogP contribution in [0.5, 0.6) is 0 Å². The van der Waals surface area contributed by atoms with Crippen LogP contribution in [-0.2, 0) is 14.3 Å².